The number of hydrogen-bond donors (Lipinski definition) is 2. The van der Waals surface area contributed by atoms with Crippen molar-refractivity contribution in [2.24, 2.45) is 5.92 Å². The topological polar surface area (TPSA) is 49.3 Å². The Hall–Kier alpha value is -1.09. The summed E-state index contributed by atoms with van der Waals surface area (Å²) in [6.07, 6.45) is 9.30. The smallest absolute Gasteiger partial charge is 0.320 e. The maximum atomic E-state index is 10.7. The van der Waals surface area contributed by atoms with Crippen LogP contribution < -0.4 is 5.32 Å². The minimum atomic E-state index is -0.723. The van der Waals surface area contributed by atoms with Gasteiger partial charge >= 0.3 is 5.97 Å². The van der Waals surface area contributed by atoms with Gasteiger partial charge in [0.1, 0.15) is 6.04 Å². The highest BCUT2D eigenvalue weighted by molar-refractivity contribution is 5.74. The largest absolute Gasteiger partial charge is 0.480 e. The van der Waals surface area contributed by atoms with Crippen LogP contribution >= 0.6 is 0 Å². The first-order valence-corrected chi connectivity index (χ1v) is 5.07. The highest BCUT2D eigenvalue weighted by Crippen LogP contribution is 2.27. The van der Waals surface area contributed by atoms with Crippen molar-refractivity contribution in [3.63, 3.8) is 0 Å². The van der Waals surface area contributed by atoms with E-state index in [0.29, 0.717) is 5.92 Å². The zero-order valence-electron chi connectivity index (χ0n) is 8.07. The minimum absolute atomic E-state index is 0.341. The lowest BCUT2D eigenvalue weighted by Gasteiger charge is -2.14. The van der Waals surface area contributed by atoms with Gasteiger partial charge in [0.25, 0.3) is 0 Å². The Morgan fingerprint density at radius 3 is 2.93 bits per heavy atom. The van der Waals surface area contributed by atoms with E-state index in [1.807, 2.05) is 0 Å². The summed E-state index contributed by atoms with van der Waals surface area (Å²) in [4.78, 5) is 10.7. The van der Waals surface area contributed by atoms with E-state index in [4.69, 9.17) is 5.11 Å². The van der Waals surface area contributed by atoms with Crippen molar-refractivity contribution in [2.75, 3.05) is 6.54 Å². The van der Waals surface area contributed by atoms with Crippen LogP contribution in [0.25, 0.3) is 0 Å². The number of carbonyl (C=O) groups is 1. The highest BCUT2D eigenvalue weighted by atomic mass is 16.4. The minimum Gasteiger partial charge on any atom is -0.480 e. The van der Waals surface area contributed by atoms with E-state index < -0.39 is 5.97 Å². The summed E-state index contributed by atoms with van der Waals surface area (Å²) in [6, 6.07) is -0.341. The molecule has 1 saturated heterocycles. The number of allylic oxidation sites excluding steroid dienone is 3. The van der Waals surface area contributed by atoms with Crippen LogP contribution in [0.3, 0.4) is 0 Å². The third-order valence-corrected chi connectivity index (χ3v) is 2.99. The molecule has 14 heavy (non-hydrogen) atoms. The third kappa shape index (κ3) is 1.87. The first kappa shape index (κ1) is 9.46. The van der Waals surface area contributed by atoms with E-state index in [1.165, 1.54) is 5.57 Å². The van der Waals surface area contributed by atoms with Gasteiger partial charge in [-0.25, -0.2) is 0 Å². The average Bonchev–Trinajstić information content (AvgIpc) is 2.68. The molecule has 0 spiro atoms. The Balaban J connectivity index is 1.95. The van der Waals surface area contributed by atoms with Crippen LogP contribution in [0.2, 0.25) is 0 Å². The molecule has 3 heteroatoms. The van der Waals surface area contributed by atoms with Crippen LogP contribution in [0.15, 0.2) is 23.8 Å². The fourth-order valence-electron chi connectivity index (χ4n) is 2.16. The van der Waals surface area contributed by atoms with Gasteiger partial charge in [-0.15, -0.1) is 0 Å². The number of hydrogen-bond acceptors (Lipinski definition) is 2. The monoisotopic (exact) mass is 193 g/mol. The Morgan fingerprint density at radius 2 is 2.36 bits per heavy atom. The molecule has 2 rings (SSSR count). The molecule has 0 saturated carbocycles. The van der Waals surface area contributed by atoms with Crippen molar-refractivity contribution in [1.82, 2.24) is 5.32 Å². The van der Waals surface area contributed by atoms with Crippen molar-refractivity contribution >= 4 is 5.97 Å². The first-order chi connectivity index (χ1) is 6.77. The van der Waals surface area contributed by atoms with E-state index in [-0.39, 0.29) is 6.04 Å². The number of carboxylic acid groups (broad SMARTS) is 1. The van der Waals surface area contributed by atoms with Gasteiger partial charge in [0, 0.05) is 6.54 Å². The molecule has 0 bridgehead atoms. The van der Waals surface area contributed by atoms with Crippen LogP contribution in [0.1, 0.15) is 19.3 Å². The molecule has 1 heterocycles. The van der Waals surface area contributed by atoms with Crippen LogP contribution in [-0.4, -0.2) is 23.7 Å². The van der Waals surface area contributed by atoms with Crippen LogP contribution in [0.4, 0.5) is 0 Å². The predicted octanol–water partition coefficient (Wildman–Crippen LogP) is 1.33. The maximum Gasteiger partial charge on any atom is 0.320 e. The predicted molar refractivity (Wildman–Crippen MR) is 54.0 cm³/mol. The molecule has 1 fully saturated rings. The number of carboxylic acids is 1. The van der Waals surface area contributed by atoms with Crippen molar-refractivity contribution in [1.29, 1.82) is 0 Å². The molecule has 3 nitrogen and oxygen atoms in total. The van der Waals surface area contributed by atoms with Gasteiger partial charge in [0.05, 0.1) is 0 Å². The molecule has 0 amide bonds. The quantitative estimate of drug-likeness (QED) is 0.650. The second-order valence-corrected chi connectivity index (χ2v) is 3.92. The Morgan fingerprint density at radius 1 is 1.50 bits per heavy atom. The molecular formula is C11H15NO2. The summed E-state index contributed by atoms with van der Waals surface area (Å²) in [5, 5.41) is 11.9. The van der Waals surface area contributed by atoms with Gasteiger partial charge < -0.3 is 10.4 Å². The fraction of sp³-hybridized carbons (Fsp3) is 0.545. The van der Waals surface area contributed by atoms with Crippen molar-refractivity contribution in [3.05, 3.63) is 23.8 Å². The Labute approximate surface area is 83.5 Å². The number of aliphatic carboxylic acids is 1. The van der Waals surface area contributed by atoms with Crippen LogP contribution in [0.5, 0.6) is 0 Å². The molecule has 76 valence electrons. The van der Waals surface area contributed by atoms with Crippen LogP contribution in [0, 0.1) is 5.92 Å². The molecule has 0 unspecified atom stereocenters. The SMILES string of the molecule is O=C(O)[C@@H]1C[C@@H](C2=CCC=CC2)CN1. The summed E-state index contributed by atoms with van der Waals surface area (Å²) in [6.45, 7) is 0.816. The molecule has 2 atom stereocenters. The average molecular weight is 193 g/mol. The van der Waals surface area contributed by atoms with E-state index in [0.717, 1.165) is 25.8 Å². The summed E-state index contributed by atoms with van der Waals surface area (Å²) < 4.78 is 0. The van der Waals surface area contributed by atoms with Gasteiger partial charge in [-0.1, -0.05) is 23.8 Å². The van der Waals surface area contributed by atoms with E-state index >= 15 is 0 Å². The van der Waals surface area contributed by atoms with Crippen molar-refractivity contribution in [2.45, 2.75) is 25.3 Å². The van der Waals surface area contributed by atoms with E-state index in [1.54, 1.807) is 0 Å². The molecule has 0 aromatic heterocycles. The van der Waals surface area contributed by atoms with Gasteiger partial charge in [-0.3, -0.25) is 4.79 Å². The summed E-state index contributed by atoms with van der Waals surface area (Å²) in [5.74, 6) is -0.291. The third-order valence-electron chi connectivity index (χ3n) is 2.99. The molecular weight excluding hydrogens is 178 g/mol. The first-order valence-electron chi connectivity index (χ1n) is 5.07. The standard InChI is InChI=1S/C11H15NO2/c13-11(14)10-6-9(7-12-10)8-4-2-1-3-5-8/h1-2,5,9-10,12H,3-4,6-7H2,(H,13,14)/t9-,10+/m1/s1. The van der Waals surface area contributed by atoms with Gasteiger partial charge in [0.15, 0.2) is 0 Å². The van der Waals surface area contributed by atoms with E-state index in [9.17, 15) is 4.79 Å². The molecule has 1 aliphatic carbocycles. The zero-order valence-corrected chi connectivity index (χ0v) is 8.07. The number of rotatable bonds is 2. The van der Waals surface area contributed by atoms with Gasteiger partial charge in [0.2, 0.25) is 0 Å². The Bertz CT molecular complexity index is 294. The second kappa shape index (κ2) is 3.96. The molecule has 2 N–H and O–H groups in total. The summed E-state index contributed by atoms with van der Waals surface area (Å²) in [5.41, 5.74) is 1.41. The van der Waals surface area contributed by atoms with Crippen LogP contribution in [-0.2, 0) is 4.79 Å². The Kier molecular flexibility index (Phi) is 2.68. The van der Waals surface area contributed by atoms with Crippen molar-refractivity contribution < 1.29 is 9.90 Å². The second-order valence-electron chi connectivity index (χ2n) is 3.92. The lowest BCUT2D eigenvalue weighted by Crippen LogP contribution is -2.29. The normalized spacial score (nSPS) is 31.6. The van der Waals surface area contributed by atoms with Gasteiger partial charge in [-0.2, -0.15) is 0 Å². The lowest BCUT2D eigenvalue weighted by atomic mass is 9.90. The van der Waals surface area contributed by atoms with Crippen molar-refractivity contribution in [3.8, 4) is 0 Å². The maximum absolute atomic E-state index is 10.7. The fourth-order valence-corrected chi connectivity index (χ4v) is 2.16. The molecule has 1 aliphatic heterocycles. The molecule has 0 aromatic carbocycles. The summed E-state index contributed by atoms with van der Waals surface area (Å²) >= 11 is 0. The highest BCUT2D eigenvalue weighted by Gasteiger charge is 2.30. The van der Waals surface area contributed by atoms with E-state index in [2.05, 4.69) is 23.5 Å². The summed E-state index contributed by atoms with van der Waals surface area (Å²) in [7, 11) is 0. The number of nitrogens with one attached hydrogen (secondary N) is 1. The lowest BCUT2D eigenvalue weighted by molar-refractivity contribution is -0.139. The molecule has 0 aromatic rings. The van der Waals surface area contributed by atoms with Gasteiger partial charge in [-0.05, 0) is 25.2 Å². The zero-order chi connectivity index (χ0) is 9.97. The molecule has 2 aliphatic rings. The molecule has 0 radical (unpaired) electrons.